The number of amides is 1. The summed E-state index contributed by atoms with van der Waals surface area (Å²) in [5.41, 5.74) is 0.335. The fourth-order valence-corrected chi connectivity index (χ4v) is 3.28. The maximum absolute atomic E-state index is 12.6. The first-order valence-electron chi connectivity index (χ1n) is 7.28. The SMILES string of the molecule is N#C[C@@H]1C[C@@]12[C@H](Oc1ccccc1)C(=O)N2c1ccccc1. The average Bonchev–Trinajstić information content (AvgIpc) is 3.32. The van der Waals surface area contributed by atoms with Crippen LogP contribution < -0.4 is 9.64 Å². The van der Waals surface area contributed by atoms with E-state index in [1.807, 2.05) is 60.7 Å². The standard InChI is InChI=1S/C18H14N2O2/c19-12-13-11-18(13)16(22-15-9-5-2-6-10-15)17(21)20(18)14-7-3-1-4-8-14/h1-10,13,16H,11H2/t13-,16+,18-/m0/s1. The van der Waals surface area contributed by atoms with Gasteiger partial charge in [0.05, 0.1) is 12.0 Å². The van der Waals surface area contributed by atoms with Crippen LogP contribution in [0.1, 0.15) is 6.42 Å². The molecule has 3 atom stereocenters. The largest absolute Gasteiger partial charge is 0.478 e. The fourth-order valence-electron chi connectivity index (χ4n) is 3.28. The third kappa shape index (κ3) is 1.66. The highest BCUT2D eigenvalue weighted by Crippen LogP contribution is 2.59. The van der Waals surface area contributed by atoms with E-state index in [2.05, 4.69) is 6.07 Å². The second-order valence-corrected chi connectivity index (χ2v) is 5.70. The summed E-state index contributed by atoms with van der Waals surface area (Å²) in [5, 5.41) is 9.30. The topological polar surface area (TPSA) is 53.3 Å². The van der Waals surface area contributed by atoms with Crippen LogP contribution in [0.4, 0.5) is 5.69 Å². The highest BCUT2D eigenvalue weighted by molar-refractivity contribution is 6.08. The molecule has 1 amide bonds. The molecule has 4 nitrogen and oxygen atoms in total. The van der Waals surface area contributed by atoms with Crippen LogP contribution in [0.15, 0.2) is 60.7 Å². The van der Waals surface area contributed by atoms with Gasteiger partial charge in [0.15, 0.2) is 0 Å². The van der Waals surface area contributed by atoms with Crippen LogP contribution in [0, 0.1) is 17.2 Å². The van der Waals surface area contributed by atoms with Crippen LogP contribution in [0.3, 0.4) is 0 Å². The highest BCUT2D eigenvalue weighted by atomic mass is 16.5. The predicted molar refractivity (Wildman–Crippen MR) is 81.2 cm³/mol. The Morgan fingerprint density at radius 1 is 1.09 bits per heavy atom. The number of nitrogens with zero attached hydrogens (tertiary/aromatic N) is 2. The maximum Gasteiger partial charge on any atom is 0.271 e. The van der Waals surface area contributed by atoms with E-state index in [-0.39, 0.29) is 11.8 Å². The normalized spacial score (nSPS) is 28.9. The number of carbonyl (C=O) groups excluding carboxylic acids is 1. The summed E-state index contributed by atoms with van der Waals surface area (Å²) < 4.78 is 5.88. The van der Waals surface area contributed by atoms with Crippen molar-refractivity contribution in [3.05, 3.63) is 60.7 Å². The molecule has 1 aliphatic heterocycles. The zero-order chi connectivity index (χ0) is 15.2. The van der Waals surface area contributed by atoms with Gasteiger partial charge in [0.25, 0.3) is 5.91 Å². The summed E-state index contributed by atoms with van der Waals surface area (Å²) in [6.45, 7) is 0. The van der Waals surface area contributed by atoms with Crippen LogP contribution in [0.25, 0.3) is 0 Å². The predicted octanol–water partition coefficient (Wildman–Crippen LogP) is 2.76. The molecule has 1 saturated heterocycles. The Labute approximate surface area is 128 Å². The lowest BCUT2D eigenvalue weighted by atomic mass is 9.91. The number of ether oxygens (including phenoxy) is 1. The van der Waals surface area contributed by atoms with Gasteiger partial charge in [-0.1, -0.05) is 36.4 Å². The minimum atomic E-state index is -0.570. The average molecular weight is 290 g/mol. The van der Waals surface area contributed by atoms with Gasteiger partial charge >= 0.3 is 0 Å². The first-order valence-corrected chi connectivity index (χ1v) is 7.28. The van der Waals surface area contributed by atoms with Crippen LogP contribution in [0.5, 0.6) is 5.75 Å². The number of hydrogen-bond acceptors (Lipinski definition) is 3. The van der Waals surface area contributed by atoms with Gasteiger partial charge in [0, 0.05) is 5.69 Å². The Hall–Kier alpha value is -2.80. The van der Waals surface area contributed by atoms with E-state index in [0.29, 0.717) is 12.2 Å². The molecule has 0 aromatic heterocycles. The van der Waals surface area contributed by atoms with E-state index in [0.717, 1.165) is 5.69 Å². The number of nitriles is 1. The van der Waals surface area contributed by atoms with Crippen molar-refractivity contribution >= 4 is 11.6 Å². The first kappa shape index (κ1) is 12.9. The van der Waals surface area contributed by atoms with Crippen molar-refractivity contribution in [3.8, 4) is 11.8 Å². The molecule has 1 saturated carbocycles. The highest BCUT2D eigenvalue weighted by Gasteiger charge is 2.76. The number of hydrogen-bond donors (Lipinski definition) is 0. The van der Waals surface area contributed by atoms with Crippen molar-refractivity contribution in [2.45, 2.75) is 18.1 Å². The van der Waals surface area contributed by atoms with Gasteiger partial charge in [-0.25, -0.2) is 0 Å². The minimum Gasteiger partial charge on any atom is -0.478 e. The summed E-state index contributed by atoms with van der Waals surface area (Å²) in [6, 6.07) is 21.1. The Morgan fingerprint density at radius 2 is 1.73 bits per heavy atom. The molecule has 0 bridgehead atoms. The number of β-lactam (4-membered cyclic amide) rings is 1. The molecule has 0 unspecified atom stereocenters. The molecular formula is C18H14N2O2. The molecule has 1 spiro atoms. The van der Waals surface area contributed by atoms with Crippen molar-refractivity contribution in [3.63, 3.8) is 0 Å². The second kappa shape index (κ2) is 4.60. The van der Waals surface area contributed by atoms with Gasteiger partial charge in [0.2, 0.25) is 6.10 Å². The number of benzene rings is 2. The molecule has 108 valence electrons. The lowest BCUT2D eigenvalue weighted by molar-refractivity contribution is -0.136. The third-order valence-corrected chi connectivity index (χ3v) is 4.46. The van der Waals surface area contributed by atoms with Crippen molar-refractivity contribution in [1.29, 1.82) is 5.26 Å². The molecule has 2 aromatic carbocycles. The number of rotatable bonds is 3. The van der Waals surface area contributed by atoms with Gasteiger partial charge in [-0.05, 0) is 30.7 Å². The lowest BCUT2D eigenvalue weighted by Crippen LogP contribution is -2.70. The van der Waals surface area contributed by atoms with Crippen LogP contribution in [-0.2, 0) is 4.79 Å². The molecule has 1 heterocycles. The summed E-state index contributed by atoms with van der Waals surface area (Å²) in [7, 11) is 0. The summed E-state index contributed by atoms with van der Waals surface area (Å²) in [6.07, 6.45) is 0.0986. The zero-order valence-electron chi connectivity index (χ0n) is 11.8. The van der Waals surface area contributed by atoms with Crippen molar-refractivity contribution in [2.75, 3.05) is 4.90 Å². The van der Waals surface area contributed by atoms with Crippen LogP contribution in [-0.4, -0.2) is 17.6 Å². The monoisotopic (exact) mass is 290 g/mol. The van der Waals surface area contributed by atoms with Crippen LogP contribution in [0.2, 0.25) is 0 Å². The molecule has 0 radical (unpaired) electrons. The molecule has 1 aliphatic carbocycles. The first-order chi connectivity index (χ1) is 10.8. The molecule has 0 N–H and O–H groups in total. The fraction of sp³-hybridized carbons (Fsp3) is 0.222. The Balaban J connectivity index is 1.65. The van der Waals surface area contributed by atoms with E-state index in [4.69, 9.17) is 4.74 Å². The Kier molecular flexibility index (Phi) is 2.70. The third-order valence-electron chi connectivity index (χ3n) is 4.46. The van der Waals surface area contributed by atoms with Crippen molar-refractivity contribution in [1.82, 2.24) is 0 Å². The van der Waals surface area contributed by atoms with Gasteiger partial charge in [-0.3, -0.25) is 9.69 Å². The van der Waals surface area contributed by atoms with Gasteiger partial charge in [-0.15, -0.1) is 0 Å². The van der Waals surface area contributed by atoms with E-state index < -0.39 is 11.6 Å². The number of anilines is 1. The zero-order valence-corrected chi connectivity index (χ0v) is 11.8. The van der Waals surface area contributed by atoms with Gasteiger partial charge < -0.3 is 4.74 Å². The molecule has 4 heteroatoms. The number of carbonyl (C=O) groups is 1. The lowest BCUT2D eigenvalue weighted by Gasteiger charge is -2.47. The smallest absolute Gasteiger partial charge is 0.271 e. The summed E-state index contributed by atoms with van der Waals surface area (Å²) in [4.78, 5) is 14.3. The summed E-state index contributed by atoms with van der Waals surface area (Å²) >= 11 is 0. The molecule has 2 aromatic rings. The van der Waals surface area contributed by atoms with Crippen molar-refractivity contribution in [2.24, 2.45) is 5.92 Å². The van der Waals surface area contributed by atoms with E-state index >= 15 is 0 Å². The molecule has 2 aliphatic rings. The van der Waals surface area contributed by atoms with E-state index in [1.54, 1.807) is 4.90 Å². The Morgan fingerprint density at radius 3 is 2.32 bits per heavy atom. The maximum atomic E-state index is 12.6. The molecular weight excluding hydrogens is 276 g/mol. The van der Waals surface area contributed by atoms with Crippen molar-refractivity contribution < 1.29 is 9.53 Å². The quantitative estimate of drug-likeness (QED) is 0.817. The molecule has 4 rings (SSSR count). The van der Waals surface area contributed by atoms with E-state index in [1.165, 1.54) is 0 Å². The molecule has 2 fully saturated rings. The second-order valence-electron chi connectivity index (χ2n) is 5.70. The minimum absolute atomic E-state index is 0.0761. The van der Waals surface area contributed by atoms with Crippen LogP contribution >= 0.6 is 0 Å². The van der Waals surface area contributed by atoms with Gasteiger partial charge in [-0.2, -0.15) is 5.26 Å². The Bertz CT molecular complexity index is 754. The van der Waals surface area contributed by atoms with E-state index in [9.17, 15) is 10.1 Å². The number of para-hydroxylation sites is 2. The van der Waals surface area contributed by atoms with Gasteiger partial charge in [0.1, 0.15) is 11.3 Å². The molecule has 22 heavy (non-hydrogen) atoms. The summed E-state index contributed by atoms with van der Waals surface area (Å²) in [5.74, 6) is 0.420.